The lowest BCUT2D eigenvalue weighted by atomic mass is 10.2. The summed E-state index contributed by atoms with van der Waals surface area (Å²) in [5, 5.41) is 11.7. The maximum atomic E-state index is 5.45. The normalized spacial score (nSPS) is 12.9. The minimum absolute atomic E-state index is 0.00197. The minimum atomic E-state index is -0.00197. The average molecular weight is 227 g/mol. The van der Waals surface area contributed by atoms with Crippen LogP contribution in [0.3, 0.4) is 0 Å². The SMILES string of the molecule is CCCC(OC)c1nnnn1CCCCN. The summed E-state index contributed by atoms with van der Waals surface area (Å²) in [6.07, 6.45) is 3.97. The topological polar surface area (TPSA) is 78.9 Å². The highest BCUT2D eigenvalue weighted by molar-refractivity contribution is 4.87. The highest BCUT2D eigenvalue weighted by atomic mass is 16.5. The fourth-order valence-corrected chi connectivity index (χ4v) is 1.62. The van der Waals surface area contributed by atoms with E-state index in [1.165, 1.54) is 0 Å². The zero-order chi connectivity index (χ0) is 11.8. The smallest absolute Gasteiger partial charge is 0.180 e. The summed E-state index contributed by atoms with van der Waals surface area (Å²) in [7, 11) is 1.69. The monoisotopic (exact) mass is 227 g/mol. The Bertz CT molecular complexity index is 288. The molecule has 0 radical (unpaired) electrons. The van der Waals surface area contributed by atoms with Crippen molar-refractivity contribution in [2.45, 2.75) is 45.3 Å². The van der Waals surface area contributed by atoms with Gasteiger partial charge in [0.2, 0.25) is 0 Å². The number of methoxy groups -OCH3 is 1. The van der Waals surface area contributed by atoms with Gasteiger partial charge in [-0.3, -0.25) is 0 Å². The molecule has 0 amide bonds. The van der Waals surface area contributed by atoms with Gasteiger partial charge in [-0.05, 0) is 36.2 Å². The molecule has 6 nitrogen and oxygen atoms in total. The molecule has 0 aromatic carbocycles. The first-order valence-corrected chi connectivity index (χ1v) is 5.82. The highest BCUT2D eigenvalue weighted by Gasteiger charge is 2.17. The third-order valence-electron chi connectivity index (χ3n) is 2.51. The largest absolute Gasteiger partial charge is 0.373 e. The first kappa shape index (κ1) is 13.1. The summed E-state index contributed by atoms with van der Waals surface area (Å²) >= 11 is 0. The van der Waals surface area contributed by atoms with Crippen molar-refractivity contribution in [1.29, 1.82) is 0 Å². The number of nitrogens with two attached hydrogens (primary N) is 1. The van der Waals surface area contributed by atoms with Gasteiger partial charge >= 0.3 is 0 Å². The van der Waals surface area contributed by atoms with Crippen LogP contribution in [0.2, 0.25) is 0 Å². The van der Waals surface area contributed by atoms with Crippen molar-refractivity contribution in [2.24, 2.45) is 5.73 Å². The molecule has 0 saturated heterocycles. The quantitative estimate of drug-likeness (QED) is 0.667. The standard InChI is InChI=1S/C10H21N5O/c1-3-6-9(16-2)10-12-13-14-15(10)8-5-4-7-11/h9H,3-8,11H2,1-2H3. The third kappa shape index (κ3) is 3.53. The van der Waals surface area contributed by atoms with E-state index in [1.54, 1.807) is 7.11 Å². The van der Waals surface area contributed by atoms with Crippen molar-refractivity contribution >= 4 is 0 Å². The van der Waals surface area contributed by atoms with Crippen molar-refractivity contribution in [3.05, 3.63) is 5.82 Å². The van der Waals surface area contributed by atoms with E-state index in [2.05, 4.69) is 22.4 Å². The number of hydrogen-bond donors (Lipinski definition) is 1. The maximum absolute atomic E-state index is 5.45. The van der Waals surface area contributed by atoms with Crippen LogP contribution < -0.4 is 5.73 Å². The molecule has 92 valence electrons. The second-order valence-electron chi connectivity index (χ2n) is 3.77. The van der Waals surface area contributed by atoms with E-state index in [9.17, 15) is 0 Å². The fourth-order valence-electron chi connectivity index (χ4n) is 1.62. The number of aryl methyl sites for hydroxylation is 1. The van der Waals surface area contributed by atoms with Gasteiger partial charge in [0.05, 0.1) is 0 Å². The van der Waals surface area contributed by atoms with E-state index in [1.807, 2.05) is 4.68 Å². The Balaban J connectivity index is 2.60. The van der Waals surface area contributed by atoms with Crippen LogP contribution in [0.15, 0.2) is 0 Å². The molecule has 0 spiro atoms. The molecule has 0 fully saturated rings. The molecule has 1 heterocycles. The Hall–Kier alpha value is -1.01. The molecule has 0 aliphatic rings. The molecule has 6 heteroatoms. The van der Waals surface area contributed by atoms with Gasteiger partial charge in [-0.1, -0.05) is 13.3 Å². The molecule has 0 saturated carbocycles. The summed E-state index contributed by atoms with van der Waals surface area (Å²) in [5.41, 5.74) is 5.45. The number of rotatable bonds is 8. The lowest BCUT2D eigenvalue weighted by molar-refractivity contribution is 0.0831. The van der Waals surface area contributed by atoms with E-state index in [-0.39, 0.29) is 6.10 Å². The van der Waals surface area contributed by atoms with Gasteiger partial charge in [-0.15, -0.1) is 5.10 Å². The van der Waals surface area contributed by atoms with Crippen molar-refractivity contribution in [2.75, 3.05) is 13.7 Å². The van der Waals surface area contributed by atoms with Crippen LogP contribution in [0.5, 0.6) is 0 Å². The van der Waals surface area contributed by atoms with E-state index < -0.39 is 0 Å². The van der Waals surface area contributed by atoms with E-state index in [0.717, 1.165) is 38.1 Å². The molecule has 1 aromatic rings. The summed E-state index contributed by atoms with van der Waals surface area (Å²) in [6.45, 7) is 3.64. The Morgan fingerprint density at radius 1 is 1.44 bits per heavy atom. The summed E-state index contributed by atoms with van der Waals surface area (Å²) in [4.78, 5) is 0. The van der Waals surface area contributed by atoms with Crippen LogP contribution in [-0.2, 0) is 11.3 Å². The van der Waals surface area contributed by atoms with Crippen LogP contribution in [0.1, 0.15) is 44.5 Å². The van der Waals surface area contributed by atoms with Gasteiger partial charge in [0.15, 0.2) is 5.82 Å². The molecule has 1 aromatic heterocycles. The molecular weight excluding hydrogens is 206 g/mol. The van der Waals surface area contributed by atoms with Gasteiger partial charge in [0.25, 0.3) is 0 Å². The number of hydrogen-bond acceptors (Lipinski definition) is 5. The number of ether oxygens (including phenoxy) is 1. The van der Waals surface area contributed by atoms with Crippen LogP contribution in [-0.4, -0.2) is 33.9 Å². The van der Waals surface area contributed by atoms with Crippen molar-refractivity contribution in [3.8, 4) is 0 Å². The highest BCUT2D eigenvalue weighted by Crippen LogP contribution is 2.19. The van der Waals surface area contributed by atoms with Crippen LogP contribution in [0.4, 0.5) is 0 Å². The molecule has 1 unspecified atom stereocenters. The zero-order valence-electron chi connectivity index (χ0n) is 10.1. The first-order valence-electron chi connectivity index (χ1n) is 5.82. The Morgan fingerprint density at radius 3 is 2.88 bits per heavy atom. The molecule has 0 aliphatic carbocycles. The predicted molar refractivity (Wildman–Crippen MR) is 60.8 cm³/mol. The molecular formula is C10H21N5O. The Labute approximate surface area is 96.2 Å². The molecule has 16 heavy (non-hydrogen) atoms. The van der Waals surface area contributed by atoms with Crippen molar-refractivity contribution < 1.29 is 4.74 Å². The number of unbranched alkanes of at least 4 members (excludes halogenated alkanes) is 1. The maximum Gasteiger partial charge on any atom is 0.180 e. The molecule has 0 bridgehead atoms. The van der Waals surface area contributed by atoms with Crippen LogP contribution >= 0.6 is 0 Å². The van der Waals surface area contributed by atoms with Crippen molar-refractivity contribution in [3.63, 3.8) is 0 Å². The first-order chi connectivity index (χ1) is 7.83. The predicted octanol–water partition coefficient (Wildman–Crippen LogP) is 0.900. The minimum Gasteiger partial charge on any atom is -0.373 e. The Morgan fingerprint density at radius 2 is 2.25 bits per heavy atom. The van der Waals surface area contributed by atoms with Gasteiger partial charge in [0.1, 0.15) is 6.10 Å². The van der Waals surface area contributed by atoms with Crippen LogP contribution in [0.25, 0.3) is 0 Å². The number of nitrogens with zero attached hydrogens (tertiary/aromatic N) is 4. The van der Waals surface area contributed by atoms with Gasteiger partial charge in [-0.25, -0.2) is 4.68 Å². The van der Waals surface area contributed by atoms with Gasteiger partial charge in [-0.2, -0.15) is 0 Å². The molecule has 1 atom stereocenters. The third-order valence-corrected chi connectivity index (χ3v) is 2.51. The van der Waals surface area contributed by atoms with E-state index in [0.29, 0.717) is 6.54 Å². The van der Waals surface area contributed by atoms with Gasteiger partial charge < -0.3 is 10.5 Å². The van der Waals surface area contributed by atoms with Crippen LogP contribution in [0, 0.1) is 0 Å². The molecule has 0 aliphatic heterocycles. The number of tetrazole rings is 1. The molecule has 1 rings (SSSR count). The lowest BCUT2D eigenvalue weighted by Gasteiger charge is -2.13. The second-order valence-corrected chi connectivity index (χ2v) is 3.77. The number of aromatic nitrogens is 4. The second kappa shape index (κ2) is 7.29. The summed E-state index contributed by atoms with van der Waals surface area (Å²) < 4.78 is 7.21. The Kier molecular flexibility index (Phi) is 5.95. The summed E-state index contributed by atoms with van der Waals surface area (Å²) in [6, 6.07) is 0. The average Bonchev–Trinajstić information content (AvgIpc) is 2.74. The van der Waals surface area contributed by atoms with E-state index in [4.69, 9.17) is 10.5 Å². The van der Waals surface area contributed by atoms with E-state index >= 15 is 0 Å². The van der Waals surface area contributed by atoms with Gasteiger partial charge in [0, 0.05) is 13.7 Å². The summed E-state index contributed by atoms with van der Waals surface area (Å²) in [5.74, 6) is 0.821. The molecule has 2 N–H and O–H groups in total. The zero-order valence-corrected chi connectivity index (χ0v) is 10.1. The lowest BCUT2D eigenvalue weighted by Crippen LogP contribution is -2.13. The fraction of sp³-hybridized carbons (Fsp3) is 0.900. The van der Waals surface area contributed by atoms with Crippen molar-refractivity contribution in [1.82, 2.24) is 20.2 Å².